The monoisotopic (exact) mass is 466 g/mol. The van der Waals surface area contributed by atoms with Gasteiger partial charge in [-0.1, -0.05) is 0 Å². The zero-order valence-corrected chi connectivity index (χ0v) is 19.5. The van der Waals surface area contributed by atoms with Crippen LogP contribution in [0.3, 0.4) is 0 Å². The molecule has 0 saturated carbocycles. The third-order valence-electron chi connectivity index (χ3n) is 6.51. The molecule has 0 aliphatic carbocycles. The second-order valence-electron chi connectivity index (χ2n) is 8.68. The molecule has 188 valence electrons. The summed E-state index contributed by atoms with van der Waals surface area (Å²) in [4.78, 5) is 0. The molecule has 3 saturated heterocycles. The Kier molecular flexibility index (Phi) is 9.26. The van der Waals surface area contributed by atoms with E-state index < -0.39 is 67.7 Å². The van der Waals surface area contributed by atoms with Gasteiger partial charge in [-0.05, 0) is 20.8 Å². The van der Waals surface area contributed by atoms with Crippen LogP contribution >= 0.6 is 0 Å². The van der Waals surface area contributed by atoms with Crippen molar-refractivity contribution in [2.45, 2.75) is 114 Å². The Morgan fingerprint density at radius 1 is 0.625 bits per heavy atom. The Bertz CT molecular complexity index is 580. The van der Waals surface area contributed by atoms with Crippen LogP contribution in [-0.4, -0.2) is 117 Å². The van der Waals surface area contributed by atoms with Crippen molar-refractivity contribution in [1.29, 1.82) is 0 Å². The summed E-state index contributed by atoms with van der Waals surface area (Å²) < 4.78 is 45.9. The molecular weight excluding hydrogens is 428 g/mol. The first kappa shape index (κ1) is 26.2. The average molecular weight is 467 g/mol. The zero-order valence-electron chi connectivity index (χ0n) is 19.5. The highest BCUT2D eigenvalue weighted by molar-refractivity contribution is 4.91. The third-order valence-corrected chi connectivity index (χ3v) is 6.51. The minimum absolute atomic E-state index is 0.300. The minimum Gasteiger partial charge on any atom is -0.388 e. The van der Waals surface area contributed by atoms with Gasteiger partial charge in [-0.15, -0.1) is 0 Å². The molecule has 0 bridgehead atoms. The molecule has 0 radical (unpaired) electrons. The predicted molar refractivity (Wildman–Crippen MR) is 109 cm³/mol. The molecular formula is C21H38O11. The summed E-state index contributed by atoms with van der Waals surface area (Å²) in [6.45, 7) is 5.33. The number of hydrogen-bond donors (Lipinski definition) is 3. The molecule has 3 aliphatic heterocycles. The lowest BCUT2D eigenvalue weighted by Gasteiger charge is -2.46. The van der Waals surface area contributed by atoms with Gasteiger partial charge >= 0.3 is 0 Å². The molecule has 0 aromatic heterocycles. The molecule has 0 unspecified atom stereocenters. The molecule has 3 aliphatic rings. The van der Waals surface area contributed by atoms with Crippen LogP contribution in [0.25, 0.3) is 0 Å². The third kappa shape index (κ3) is 5.61. The smallest absolute Gasteiger partial charge is 0.187 e. The van der Waals surface area contributed by atoms with Crippen LogP contribution in [0.5, 0.6) is 0 Å². The van der Waals surface area contributed by atoms with Gasteiger partial charge in [0.15, 0.2) is 18.9 Å². The van der Waals surface area contributed by atoms with E-state index in [1.807, 2.05) is 13.8 Å². The fourth-order valence-corrected chi connectivity index (χ4v) is 4.68. The highest BCUT2D eigenvalue weighted by atomic mass is 16.7. The summed E-state index contributed by atoms with van der Waals surface area (Å²) in [5.41, 5.74) is 0. The van der Waals surface area contributed by atoms with Gasteiger partial charge in [0.05, 0.1) is 30.5 Å². The molecule has 13 atom stereocenters. The Balaban J connectivity index is 1.64. The van der Waals surface area contributed by atoms with E-state index in [1.54, 1.807) is 21.1 Å². The van der Waals surface area contributed by atoms with Crippen molar-refractivity contribution in [3.63, 3.8) is 0 Å². The first-order valence-electron chi connectivity index (χ1n) is 11.1. The Hall–Kier alpha value is -0.440. The van der Waals surface area contributed by atoms with Gasteiger partial charge in [0.25, 0.3) is 0 Å². The molecule has 0 aromatic rings. The highest BCUT2D eigenvalue weighted by Crippen LogP contribution is 2.33. The second-order valence-corrected chi connectivity index (χ2v) is 8.68. The van der Waals surface area contributed by atoms with Crippen molar-refractivity contribution in [2.24, 2.45) is 0 Å². The summed E-state index contributed by atoms with van der Waals surface area (Å²) in [6.07, 6.45) is -8.01. The van der Waals surface area contributed by atoms with Crippen molar-refractivity contribution in [1.82, 2.24) is 0 Å². The summed E-state index contributed by atoms with van der Waals surface area (Å²) in [5, 5.41) is 30.6. The fourth-order valence-electron chi connectivity index (χ4n) is 4.68. The number of hydrogen-bond acceptors (Lipinski definition) is 11. The van der Waals surface area contributed by atoms with E-state index in [2.05, 4.69) is 0 Å². The van der Waals surface area contributed by atoms with Crippen molar-refractivity contribution >= 4 is 0 Å². The topological polar surface area (TPSA) is 135 Å². The Labute approximate surface area is 188 Å². The maximum Gasteiger partial charge on any atom is 0.187 e. The zero-order chi connectivity index (χ0) is 23.6. The SMILES string of the molecule is CO[C@H]1[C@@H](O)[C@H](O[C@H]2[C@@H](OC)C[C@H](O[C@H]3[C@@H](OC)C[C@H](O)O[C@@H]3C)O[C@@H]2C)O[C@H](C)[C@H]1O. The van der Waals surface area contributed by atoms with Gasteiger partial charge in [-0.2, -0.15) is 0 Å². The first-order valence-corrected chi connectivity index (χ1v) is 11.1. The van der Waals surface area contributed by atoms with Crippen LogP contribution in [0.1, 0.15) is 33.6 Å². The van der Waals surface area contributed by atoms with Crippen LogP contribution in [0, 0.1) is 0 Å². The van der Waals surface area contributed by atoms with Gasteiger partial charge in [-0.25, -0.2) is 0 Å². The molecule has 3 fully saturated rings. The summed E-state index contributed by atoms with van der Waals surface area (Å²) in [6, 6.07) is 0. The fraction of sp³-hybridized carbons (Fsp3) is 1.00. The van der Waals surface area contributed by atoms with E-state index in [1.165, 1.54) is 7.11 Å². The number of rotatable bonds is 7. The summed E-state index contributed by atoms with van der Waals surface area (Å²) in [5.74, 6) is 0. The van der Waals surface area contributed by atoms with E-state index in [9.17, 15) is 15.3 Å². The van der Waals surface area contributed by atoms with Gasteiger partial charge in [0, 0.05) is 34.2 Å². The Morgan fingerprint density at radius 3 is 1.84 bits per heavy atom. The van der Waals surface area contributed by atoms with Crippen LogP contribution < -0.4 is 0 Å². The van der Waals surface area contributed by atoms with Crippen molar-refractivity contribution in [3.05, 3.63) is 0 Å². The molecule has 11 heteroatoms. The van der Waals surface area contributed by atoms with Crippen LogP contribution in [-0.2, 0) is 37.9 Å². The van der Waals surface area contributed by atoms with Crippen LogP contribution in [0.2, 0.25) is 0 Å². The van der Waals surface area contributed by atoms with Gasteiger partial charge in [0.1, 0.15) is 30.5 Å². The van der Waals surface area contributed by atoms with Gasteiger partial charge < -0.3 is 53.2 Å². The molecule has 3 heterocycles. The molecule has 3 rings (SSSR count). The normalized spacial score (nSPS) is 50.3. The predicted octanol–water partition coefficient (Wildman–Crippen LogP) is -0.469. The Morgan fingerprint density at radius 2 is 1.22 bits per heavy atom. The number of aliphatic hydroxyl groups is 3. The quantitative estimate of drug-likeness (QED) is 0.449. The van der Waals surface area contributed by atoms with E-state index >= 15 is 0 Å². The van der Waals surface area contributed by atoms with Gasteiger partial charge in [0.2, 0.25) is 0 Å². The van der Waals surface area contributed by atoms with Crippen molar-refractivity contribution < 1.29 is 53.2 Å². The summed E-state index contributed by atoms with van der Waals surface area (Å²) >= 11 is 0. The largest absolute Gasteiger partial charge is 0.388 e. The van der Waals surface area contributed by atoms with E-state index in [0.717, 1.165) is 0 Å². The van der Waals surface area contributed by atoms with E-state index in [-0.39, 0.29) is 12.2 Å². The number of aliphatic hydroxyl groups excluding tert-OH is 3. The number of methoxy groups -OCH3 is 3. The highest BCUT2D eigenvalue weighted by Gasteiger charge is 2.48. The summed E-state index contributed by atoms with van der Waals surface area (Å²) in [7, 11) is 4.55. The lowest BCUT2D eigenvalue weighted by molar-refractivity contribution is -0.350. The lowest BCUT2D eigenvalue weighted by atomic mass is 9.98. The maximum absolute atomic E-state index is 10.6. The van der Waals surface area contributed by atoms with E-state index in [0.29, 0.717) is 12.8 Å². The molecule has 0 spiro atoms. The standard InChI is InChI=1S/C21H38O11/c1-9-16(23)20(27-6)17(24)21(30-9)32-19-11(3)29-15(8-13(19)26-5)31-18-10(2)28-14(22)7-12(18)25-4/h9-24H,7-8H2,1-6H3/t9-,10-,11-,12+,13+,14-,15+,16-,17-,18-,19-,20-,21+/m1/s1. The lowest BCUT2D eigenvalue weighted by Crippen LogP contribution is -2.61. The maximum atomic E-state index is 10.6. The van der Waals surface area contributed by atoms with Crippen molar-refractivity contribution in [3.8, 4) is 0 Å². The number of ether oxygens (including phenoxy) is 8. The average Bonchev–Trinajstić information content (AvgIpc) is 2.75. The van der Waals surface area contributed by atoms with Crippen LogP contribution in [0.4, 0.5) is 0 Å². The second kappa shape index (κ2) is 11.3. The molecule has 32 heavy (non-hydrogen) atoms. The van der Waals surface area contributed by atoms with Crippen LogP contribution in [0.15, 0.2) is 0 Å². The molecule has 3 N–H and O–H groups in total. The first-order chi connectivity index (χ1) is 15.2. The molecule has 0 aromatic carbocycles. The van der Waals surface area contributed by atoms with E-state index in [4.69, 9.17) is 37.9 Å². The minimum atomic E-state index is -1.18. The van der Waals surface area contributed by atoms with Gasteiger partial charge in [-0.3, -0.25) is 0 Å². The molecule has 11 nitrogen and oxygen atoms in total. The van der Waals surface area contributed by atoms with Crippen molar-refractivity contribution in [2.75, 3.05) is 21.3 Å². The molecule has 0 amide bonds.